The zero-order valence-electron chi connectivity index (χ0n) is 13.3. The molecule has 1 aromatic carbocycles. The van der Waals surface area contributed by atoms with E-state index < -0.39 is 0 Å². The Balaban J connectivity index is 1.65. The summed E-state index contributed by atoms with van der Waals surface area (Å²) < 4.78 is 11.5. The van der Waals surface area contributed by atoms with E-state index in [-0.39, 0.29) is 0 Å². The Morgan fingerprint density at radius 3 is 2.67 bits per heavy atom. The van der Waals surface area contributed by atoms with Gasteiger partial charge in [0, 0.05) is 0 Å². The second-order valence-electron chi connectivity index (χ2n) is 6.16. The molecule has 1 aromatic rings. The summed E-state index contributed by atoms with van der Waals surface area (Å²) in [6, 6.07) is 5.89. The Morgan fingerprint density at radius 1 is 1.24 bits per heavy atom. The highest BCUT2D eigenvalue weighted by atomic mass is 35.5. The molecule has 0 bridgehead atoms. The molecule has 0 aliphatic carbocycles. The van der Waals surface area contributed by atoms with Crippen LogP contribution in [0.5, 0.6) is 5.75 Å². The lowest BCUT2D eigenvalue weighted by atomic mass is 10.2. The van der Waals surface area contributed by atoms with Gasteiger partial charge in [-0.3, -0.25) is 0 Å². The molecule has 2 atom stereocenters. The van der Waals surface area contributed by atoms with Gasteiger partial charge in [-0.15, -0.1) is 0 Å². The first-order valence-corrected chi connectivity index (χ1v) is 8.30. The third kappa shape index (κ3) is 5.50. The van der Waals surface area contributed by atoms with Gasteiger partial charge in [0.05, 0.1) is 18.2 Å². The normalized spacial score (nSPS) is 25.8. The van der Waals surface area contributed by atoms with E-state index >= 15 is 0 Å². The van der Waals surface area contributed by atoms with Crippen LogP contribution in [-0.2, 0) is 4.74 Å². The molecular weight excluding hydrogens is 286 g/mol. The lowest BCUT2D eigenvalue weighted by Crippen LogP contribution is -3.15. The maximum absolute atomic E-state index is 6.12. The van der Waals surface area contributed by atoms with Crippen molar-refractivity contribution in [2.45, 2.75) is 45.8 Å². The number of morpholine rings is 1. The van der Waals surface area contributed by atoms with Crippen LogP contribution < -0.4 is 9.64 Å². The minimum absolute atomic E-state index is 0.381. The van der Waals surface area contributed by atoms with Gasteiger partial charge in [0.1, 0.15) is 31.0 Å². The van der Waals surface area contributed by atoms with Crippen molar-refractivity contribution in [1.29, 1.82) is 0 Å². The van der Waals surface area contributed by atoms with Gasteiger partial charge < -0.3 is 14.4 Å². The smallest absolute Gasteiger partial charge is 0.138 e. The van der Waals surface area contributed by atoms with E-state index in [4.69, 9.17) is 21.1 Å². The number of hydrogen-bond acceptors (Lipinski definition) is 2. The highest BCUT2D eigenvalue weighted by Gasteiger charge is 2.24. The van der Waals surface area contributed by atoms with Crippen molar-refractivity contribution in [3.8, 4) is 5.75 Å². The molecule has 1 saturated heterocycles. The zero-order valence-corrected chi connectivity index (χ0v) is 14.1. The molecule has 2 rings (SSSR count). The number of benzene rings is 1. The van der Waals surface area contributed by atoms with Crippen molar-refractivity contribution in [1.82, 2.24) is 0 Å². The van der Waals surface area contributed by atoms with Gasteiger partial charge in [-0.2, -0.15) is 0 Å². The number of halogens is 1. The zero-order chi connectivity index (χ0) is 15.2. The Kier molecular flexibility index (Phi) is 6.34. The number of aryl methyl sites for hydroxylation is 1. The van der Waals surface area contributed by atoms with Gasteiger partial charge in [-0.25, -0.2) is 0 Å². The van der Waals surface area contributed by atoms with E-state index in [1.54, 1.807) is 4.90 Å². The van der Waals surface area contributed by atoms with Crippen molar-refractivity contribution in [3.05, 3.63) is 28.8 Å². The molecule has 4 heteroatoms. The van der Waals surface area contributed by atoms with Crippen molar-refractivity contribution in [2.24, 2.45) is 0 Å². The van der Waals surface area contributed by atoms with Crippen LogP contribution >= 0.6 is 11.6 Å². The molecule has 21 heavy (non-hydrogen) atoms. The van der Waals surface area contributed by atoms with E-state index in [1.807, 2.05) is 25.1 Å². The van der Waals surface area contributed by atoms with Crippen LogP contribution in [0.2, 0.25) is 5.02 Å². The number of rotatable bonds is 6. The summed E-state index contributed by atoms with van der Waals surface area (Å²) in [6.07, 6.45) is 3.01. The van der Waals surface area contributed by atoms with Gasteiger partial charge in [0.25, 0.3) is 0 Å². The number of ether oxygens (including phenoxy) is 2. The van der Waals surface area contributed by atoms with Gasteiger partial charge in [0.2, 0.25) is 0 Å². The van der Waals surface area contributed by atoms with E-state index in [2.05, 4.69) is 13.8 Å². The Bertz CT molecular complexity index is 442. The molecular formula is C17H27ClNO2+. The molecule has 0 radical (unpaired) electrons. The molecule has 0 saturated carbocycles. The Morgan fingerprint density at radius 2 is 1.95 bits per heavy atom. The molecule has 1 heterocycles. The third-order valence-corrected chi connectivity index (χ3v) is 4.20. The average molecular weight is 313 g/mol. The molecule has 118 valence electrons. The molecule has 0 unspecified atom stereocenters. The maximum atomic E-state index is 6.12. The van der Waals surface area contributed by atoms with Crippen LogP contribution in [-0.4, -0.2) is 38.4 Å². The van der Waals surface area contributed by atoms with Crippen molar-refractivity contribution >= 4 is 11.6 Å². The molecule has 0 aromatic heterocycles. The van der Waals surface area contributed by atoms with Crippen LogP contribution in [0.1, 0.15) is 32.3 Å². The van der Waals surface area contributed by atoms with Crippen LogP contribution in [0.3, 0.4) is 0 Å². The first kappa shape index (κ1) is 16.6. The van der Waals surface area contributed by atoms with Crippen LogP contribution in [0, 0.1) is 6.92 Å². The monoisotopic (exact) mass is 312 g/mol. The van der Waals surface area contributed by atoms with E-state index in [9.17, 15) is 0 Å². The standard InChI is InChI=1S/C17H26ClNO2/c1-13-6-7-16(18)17(10-13)20-9-5-4-8-19-11-14(2)21-15(3)12-19/h6-7,10,14-15H,4-5,8-9,11-12H2,1-3H3/p+1/t14-,15-/m1/s1. The topological polar surface area (TPSA) is 22.9 Å². The second-order valence-corrected chi connectivity index (χ2v) is 6.56. The molecule has 3 nitrogen and oxygen atoms in total. The number of hydrogen-bond donors (Lipinski definition) is 1. The molecule has 0 amide bonds. The quantitative estimate of drug-likeness (QED) is 0.816. The minimum atomic E-state index is 0.381. The predicted molar refractivity (Wildman–Crippen MR) is 86.5 cm³/mol. The van der Waals surface area contributed by atoms with E-state index in [0.717, 1.165) is 31.9 Å². The van der Waals surface area contributed by atoms with Crippen molar-refractivity contribution in [2.75, 3.05) is 26.2 Å². The Hall–Kier alpha value is -0.770. The fourth-order valence-electron chi connectivity index (χ4n) is 2.97. The maximum Gasteiger partial charge on any atom is 0.138 e. The molecule has 1 fully saturated rings. The van der Waals surface area contributed by atoms with E-state index in [1.165, 1.54) is 18.5 Å². The fraction of sp³-hybridized carbons (Fsp3) is 0.647. The third-order valence-electron chi connectivity index (χ3n) is 3.89. The number of quaternary nitrogens is 1. The van der Waals surface area contributed by atoms with Gasteiger partial charge >= 0.3 is 0 Å². The van der Waals surface area contributed by atoms with Gasteiger partial charge in [-0.05, 0) is 51.3 Å². The van der Waals surface area contributed by atoms with Crippen LogP contribution in [0.4, 0.5) is 0 Å². The van der Waals surface area contributed by atoms with E-state index in [0.29, 0.717) is 17.2 Å². The SMILES string of the molecule is Cc1ccc(Cl)c(OCCCC[NH+]2C[C@@H](C)O[C@H](C)C2)c1. The summed E-state index contributed by atoms with van der Waals surface area (Å²) in [5, 5.41) is 0.696. The second kappa shape index (κ2) is 8.02. The largest absolute Gasteiger partial charge is 0.492 e. The average Bonchev–Trinajstić information content (AvgIpc) is 2.41. The number of nitrogens with one attached hydrogen (secondary N) is 1. The lowest BCUT2D eigenvalue weighted by Gasteiger charge is -2.32. The van der Waals surface area contributed by atoms with Gasteiger partial charge in [-0.1, -0.05) is 17.7 Å². The van der Waals surface area contributed by atoms with Crippen molar-refractivity contribution < 1.29 is 14.4 Å². The van der Waals surface area contributed by atoms with Crippen LogP contribution in [0.15, 0.2) is 18.2 Å². The molecule has 0 spiro atoms. The first-order valence-electron chi connectivity index (χ1n) is 7.92. The molecule has 1 aliphatic heterocycles. The summed E-state index contributed by atoms with van der Waals surface area (Å²) >= 11 is 6.12. The molecule has 1 aliphatic rings. The highest BCUT2D eigenvalue weighted by molar-refractivity contribution is 6.32. The highest BCUT2D eigenvalue weighted by Crippen LogP contribution is 2.25. The predicted octanol–water partition coefficient (Wildman–Crippen LogP) is 2.50. The first-order chi connectivity index (χ1) is 10.0. The summed E-state index contributed by atoms with van der Waals surface area (Å²) in [4.78, 5) is 1.65. The Labute approximate surface area is 133 Å². The summed E-state index contributed by atoms with van der Waals surface area (Å²) in [6.45, 7) is 10.6. The fourth-order valence-corrected chi connectivity index (χ4v) is 3.15. The summed E-state index contributed by atoms with van der Waals surface area (Å²) in [5.41, 5.74) is 1.18. The molecule has 1 N–H and O–H groups in total. The summed E-state index contributed by atoms with van der Waals surface area (Å²) in [7, 11) is 0. The lowest BCUT2D eigenvalue weighted by molar-refractivity contribution is -0.915. The van der Waals surface area contributed by atoms with Crippen LogP contribution in [0.25, 0.3) is 0 Å². The number of unbranched alkanes of at least 4 members (excludes halogenated alkanes) is 1. The minimum Gasteiger partial charge on any atom is -0.492 e. The van der Waals surface area contributed by atoms with Gasteiger partial charge in [0.15, 0.2) is 0 Å². The summed E-state index contributed by atoms with van der Waals surface area (Å²) in [5.74, 6) is 0.803. The van der Waals surface area contributed by atoms with Crippen molar-refractivity contribution in [3.63, 3.8) is 0 Å².